The van der Waals surface area contributed by atoms with Gasteiger partial charge in [-0.25, -0.2) is 14.8 Å². The number of rotatable bonds is 7. The van der Waals surface area contributed by atoms with E-state index in [4.69, 9.17) is 15.2 Å². The number of hydrogen-bond donors (Lipinski definition) is 1. The first-order valence-electron chi connectivity index (χ1n) is 8.04. The molecule has 2 rings (SSSR count). The predicted octanol–water partition coefficient (Wildman–Crippen LogP) is 3.33. The Hall–Kier alpha value is -2.63. The fraction of sp³-hybridized carbons (Fsp3) is 0.389. The van der Waals surface area contributed by atoms with Crippen molar-refractivity contribution in [2.75, 3.05) is 18.9 Å². The van der Waals surface area contributed by atoms with Gasteiger partial charge in [-0.15, -0.1) is 0 Å². The van der Waals surface area contributed by atoms with Crippen LogP contribution in [-0.2, 0) is 4.74 Å². The highest BCUT2D eigenvalue weighted by Crippen LogP contribution is 2.24. The van der Waals surface area contributed by atoms with Crippen LogP contribution in [0.15, 0.2) is 30.3 Å². The van der Waals surface area contributed by atoms with Crippen molar-refractivity contribution in [2.45, 2.75) is 27.2 Å². The Labute approximate surface area is 142 Å². The van der Waals surface area contributed by atoms with Crippen LogP contribution in [-0.4, -0.2) is 29.2 Å². The molecule has 6 nitrogen and oxygen atoms in total. The zero-order valence-electron chi connectivity index (χ0n) is 14.3. The molecule has 2 aromatic rings. The monoisotopic (exact) mass is 329 g/mol. The fourth-order valence-electron chi connectivity index (χ4n) is 2.08. The second kappa shape index (κ2) is 8.29. The molecule has 0 spiro atoms. The average Bonchev–Trinajstić information content (AvgIpc) is 2.54. The zero-order chi connectivity index (χ0) is 17.5. The molecule has 6 heteroatoms. The van der Waals surface area contributed by atoms with Gasteiger partial charge in [0.25, 0.3) is 0 Å². The Kier molecular flexibility index (Phi) is 6.12. The number of benzene rings is 1. The van der Waals surface area contributed by atoms with E-state index in [1.54, 1.807) is 13.0 Å². The summed E-state index contributed by atoms with van der Waals surface area (Å²) < 4.78 is 10.7. The molecular formula is C18H23N3O3. The van der Waals surface area contributed by atoms with Crippen molar-refractivity contribution in [1.82, 2.24) is 9.97 Å². The number of nitrogen functional groups attached to an aromatic ring is 1. The minimum atomic E-state index is -0.516. The number of carbonyl (C=O) groups excluding carboxylic acids is 1. The van der Waals surface area contributed by atoms with E-state index < -0.39 is 5.97 Å². The van der Waals surface area contributed by atoms with Gasteiger partial charge in [0.15, 0.2) is 5.69 Å². The highest BCUT2D eigenvalue weighted by molar-refractivity contribution is 5.88. The van der Waals surface area contributed by atoms with Crippen molar-refractivity contribution in [3.63, 3.8) is 0 Å². The van der Waals surface area contributed by atoms with Crippen LogP contribution in [0.3, 0.4) is 0 Å². The Morgan fingerprint density at radius 3 is 2.75 bits per heavy atom. The van der Waals surface area contributed by atoms with Crippen LogP contribution >= 0.6 is 0 Å². The molecule has 0 amide bonds. The van der Waals surface area contributed by atoms with Crippen molar-refractivity contribution >= 4 is 11.9 Å². The summed E-state index contributed by atoms with van der Waals surface area (Å²) in [4.78, 5) is 20.0. The Bertz CT molecular complexity index is 702. The molecule has 0 bridgehead atoms. The molecule has 1 aromatic heterocycles. The fourth-order valence-corrected chi connectivity index (χ4v) is 2.08. The van der Waals surface area contributed by atoms with Gasteiger partial charge >= 0.3 is 5.97 Å². The van der Waals surface area contributed by atoms with Crippen molar-refractivity contribution in [1.29, 1.82) is 0 Å². The molecule has 0 fully saturated rings. The van der Waals surface area contributed by atoms with Gasteiger partial charge in [0, 0.05) is 5.56 Å². The van der Waals surface area contributed by atoms with Crippen LogP contribution in [0.1, 0.15) is 37.7 Å². The molecular weight excluding hydrogens is 306 g/mol. The van der Waals surface area contributed by atoms with Crippen molar-refractivity contribution in [3.8, 4) is 17.0 Å². The summed E-state index contributed by atoms with van der Waals surface area (Å²) >= 11 is 0. The molecule has 0 aliphatic heterocycles. The van der Waals surface area contributed by atoms with E-state index in [2.05, 4.69) is 23.8 Å². The topological polar surface area (TPSA) is 87.3 Å². The van der Waals surface area contributed by atoms with Gasteiger partial charge in [0.1, 0.15) is 5.75 Å². The van der Waals surface area contributed by atoms with Gasteiger partial charge in [-0.05, 0) is 37.5 Å². The second-order valence-corrected chi connectivity index (χ2v) is 5.78. The molecule has 1 heterocycles. The number of nitrogens with two attached hydrogens (primary N) is 1. The Balaban J connectivity index is 2.23. The van der Waals surface area contributed by atoms with Crippen LogP contribution in [0.4, 0.5) is 5.95 Å². The Morgan fingerprint density at radius 1 is 1.25 bits per heavy atom. The van der Waals surface area contributed by atoms with E-state index >= 15 is 0 Å². The lowest BCUT2D eigenvalue weighted by Crippen LogP contribution is -2.10. The number of hydrogen-bond acceptors (Lipinski definition) is 6. The highest BCUT2D eigenvalue weighted by Gasteiger charge is 2.13. The minimum Gasteiger partial charge on any atom is -0.494 e. The van der Waals surface area contributed by atoms with Crippen molar-refractivity contribution in [3.05, 3.63) is 36.0 Å². The summed E-state index contributed by atoms with van der Waals surface area (Å²) in [6.45, 7) is 6.97. The zero-order valence-corrected chi connectivity index (χ0v) is 14.3. The first-order chi connectivity index (χ1) is 11.5. The van der Waals surface area contributed by atoms with Gasteiger partial charge in [-0.3, -0.25) is 0 Å². The summed E-state index contributed by atoms with van der Waals surface area (Å²) in [6, 6.07) is 9.09. The number of esters is 1. The van der Waals surface area contributed by atoms with Gasteiger partial charge in [-0.2, -0.15) is 0 Å². The first kappa shape index (κ1) is 17.7. The Morgan fingerprint density at radius 2 is 2.04 bits per heavy atom. The van der Waals surface area contributed by atoms with Gasteiger partial charge < -0.3 is 15.2 Å². The standard InChI is InChI=1S/C18H23N3O3/c1-4-23-17(22)16-11-15(20-18(19)21-16)13-6-5-7-14(10-13)24-9-8-12(2)3/h5-7,10-12H,4,8-9H2,1-3H3,(H2,19,20,21). The summed E-state index contributed by atoms with van der Waals surface area (Å²) in [7, 11) is 0. The maximum atomic E-state index is 11.9. The third kappa shape index (κ3) is 4.94. The SMILES string of the molecule is CCOC(=O)c1cc(-c2cccc(OCCC(C)C)c2)nc(N)n1. The summed E-state index contributed by atoms with van der Waals surface area (Å²) in [5.41, 5.74) is 7.22. The molecule has 24 heavy (non-hydrogen) atoms. The van der Waals surface area contributed by atoms with E-state index in [0.717, 1.165) is 17.7 Å². The number of anilines is 1. The van der Waals surface area contributed by atoms with E-state index in [1.165, 1.54) is 0 Å². The number of carbonyl (C=O) groups is 1. The molecule has 0 aliphatic carbocycles. The lowest BCUT2D eigenvalue weighted by Gasteiger charge is -2.10. The lowest BCUT2D eigenvalue weighted by molar-refractivity contribution is 0.0519. The van der Waals surface area contributed by atoms with E-state index in [9.17, 15) is 4.79 Å². The molecule has 0 saturated carbocycles. The van der Waals surface area contributed by atoms with Crippen LogP contribution in [0.5, 0.6) is 5.75 Å². The molecule has 128 valence electrons. The lowest BCUT2D eigenvalue weighted by atomic mass is 10.1. The molecule has 0 aliphatic rings. The molecule has 1 aromatic carbocycles. The van der Waals surface area contributed by atoms with Crippen LogP contribution < -0.4 is 10.5 Å². The highest BCUT2D eigenvalue weighted by atomic mass is 16.5. The van der Waals surface area contributed by atoms with Crippen molar-refractivity contribution in [2.24, 2.45) is 5.92 Å². The minimum absolute atomic E-state index is 0.0293. The third-order valence-corrected chi connectivity index (χ3v) is 3.32. The average molecular weight is 329 g/mol. The third-order valence-electron chi connectivity index (χ3n) is 3.32. The largest absolute Gasteiger partial charge is 0.494 e. The number of ether oxygens (including phenoxy) is 2. The van der Waals surface area contributed by atoms with E-state index in [1.807, 2.05) is 24.3 Å². The van der Waals surface area contributed by atoms with E-state index in [0.29, 0.717) is 18.2 Å². The molecule has 0 radical (unpaired) electrons. The van der Waals surface area contributed by atoms with E-state index in [-0.39, 0.29) is 18.2 Å². The molecule has 0 atom stereocenters. The van der Waals surface area contributed by atoms with Crippen LogP contribution in [0, 0.1) is 5.92 Å². The first-order valence-corrected chi connectivity index (χ1v) is 8.04. The molecule has 0 saturated heterocycles. The summed E-state index contributed by atoms with van der Waals surface area (Å²) in [5.74, 6) is 0.851. The van der Waals surface area contributed by atoms with Crippen molar-refractivity contribution < 1.29 is 14.3 Å². The quantitative estimate of drug-likeness (QED) is 0.784. The van der Waals surface area contributed by atoms with Crippen LogP contribution in [0.25, 0.3) is 11.3 Å². The molecule has 2 N–H and O–H groups in total. The normalized spacial score (nSPS) is 10.7. The maximum Gasteiger partial charge on any atom is 0.357 e. The van der Waals surface area contributed by atoms with Crippen LogP contribution in [0.2, 0.25) is 0 Å². The number of nitrogens with zero attached hydrogens (tertiary/aromatic N) is 2. The number of aromatic nitrogens is 2. The maximum absolute atomic E-state index is 11.9. The summed E-state index contributed by atoms with van der Waals surface area (Å²) in [5, 5.41) is 0. The van der Waals surface area contributed by atoms with Gasteiger partial charge in [-0.1, -0.05) is 26.0 Å². The van der Waals surface area contributed by atoms with Gasteiger partial charge in [0.05, 0.1) is 18.9 Å². The molecule has 0 unspecified atom stereocenters. The second-order valence-electron chi connectivity index (χ2n) is 5.78. The summed E-state index contributed by atoms with van der Waals surface area (Å²) in [6.07, 6.45) is 0.984. The predicted molar refractivity (Wildman–Crippen MR) is 92.8 cm³/mol. The van der Waals surface area contributed by atoms with Gasteiger partial charge in [0.2, 0.25) is 5.95 Å². The smallest absolute Gasteiger partial charge is 0.357 e.